The maximum Gasteiger partial charge on any atom is 0.260 e. The lowest BCUT2D eigenvalue weighted by Crippen LogP contribution is -2.32. The Kier molecular flexibility index (Phi) is 4.47. The summed E-state index contributed by atoms with van der Waals surface area (Å²) in [5, 5.41) is 4.83. The second-order valence-electron chi connectivity index (χ2n) is 3.51. The van der Waals surface area contributed by atoms with Crippen LogP contribution in [0.5, 0.6) is 0 Å². The maximum absolute atomic E-state index is 11.6. The molecular weight excluding hydrogens is 313 g/mol. The summed E-state index contributed by atoms with van der Waals surface area (Å²) in [6, 6.07) is 3.03. The largest absolute Gasteiger partial charge is 0.296 e. The highest BCUT2D eigenvalue weighted by atomic mass is 35.5. The molecule has 6 nitrogen and oxygen atoms in total. The van der Waals surface area contributed by atoms with Crippen molar-refractivity contribution >= 4 is 46.4 Å². The molecule has 1 aromatic carbocycles. The molecular formula is C10H8Cl3N5O. The third-order valence-electron chi connectivity index (χ3n) is 2.11. The van der Waals surface area contributed by atoms with E-state index in [1.165, 1.54) is 29.5 Å². The lowest BCUT2D eigenvalue weighted by atomic mass is 10.3. The molecule has 1 heterocycles. The van der Waals surface area contributed by atoms with Crippen LogP contribution >= 0.6 is 34.8 Å². The minimum atomic E-state index is -0.326. The average Bonchev–Trinajstić information content (AvgIpc) is 2.80. The zero-order valence-corrected chi connectivity index (χ0v) is 11.7. The van der Waals surface area contributed by atoms with Gasteiger partial charge in [0.1, 0.15) is 19.2 Å². The molecule has 0 spiro atoms. The third kappa shape index (κ3) is 3.73. The molecule has 0 aliphatic carbocycles. The number of nitrogens with zero attached hydrogens (tertiary/aromatic N) is 3. The van der Waals surface area contributed by atoms with E-state index in [4.69, 9.17) is 34.8 Å². The Morgan fingerprint density at radius 2 is 1.95 bits per heavy atom. The van der Waals surface area contributed by atoms with Crippen LogP contribution in [0.3, 0.4) is 0 Å². The van der Waals surface area contributed by atoms with Crippen LogP contribution in [0.2, 0.25) is 15.1 Å². The lowest BCUT2D eigenvalue weighted by molar-refractivity contribution is -0.121. The first-order chi connectivity index (χ1) is 9.06. The number of carbonyl (C=O) groups excluding carboxylic acids is 1. The van der Waals surface area contributed by atoms with Gasteiger partial charge in [-0.05, 0) is 12.1 Å². The van der Waals surface area contributed by atoms with Crippen molar-refractivity contribution in [2.45, 2.75) is 6.54 Å². The van der Waals surface area contributed by atoms with E-state index in [0.29, 0.717) is 20.8 Å². The third-order valence-corrected chi connectivity index (χ3v) is 2.92. The van der Waals surface area contributed by atoms with Gasteiger partial charge in [-0.2, -0.15) is 5.10 Å². The number of nitrogens with one attached hydrogen (secondary N) is 2. The first-order valence-corrected chi connectivity index (χ1v) is 6.21. The average molecular weight is 321 g/mol. The molecule has 1 amide bonds. The normalized spacial score (nSPS) is 10.3. The Balaban J connectivity index is 1.97. The van der Waals surface area contributed by atoms with Gasteiger partial charge in [-0.1, -0.05) is 34.8 Å². The number of benzene rings is 1. The predicted molar refractivity (Wildman–Crippen MR) is 73.3 cm³/mol. The van der Waals surface area contributed by atoms with E-state index in [1.54, 1.807) is 0 Å². The number of rotatable bonds is 4. The molecule has 1 aromatic heterocycles. The van der Waals surface area contributed by atoms with Gasteiger partial charge in [0.15, 0.2) is 0 Å². The molecule has 2 rings (SSSR count). The predicted octanol–water partition coefficient (Wildman–Crippen LogP) is 2.38. The smallest absolute Gasteiger partial charge is 0.260 e. The Morgan fingerprint density at radius 1 is 1.26 bits per heavy atom. The van der Waals surface area contributed by atoms with Gasteiger partial charge in [-0.15, -0.1) is 0 Å². The second kappa shape index (κ2) is 6.10. The topological polar surface area (TPSA) is 71.8 Å². The molecule has 0 saturated heterocycles. The molecule has 0 bridgehead atoms. The summed E-state index contributed by atoms with van der Waals surface area (Å²) in [7, 11) is 0. The molecule has 0 fully saturated rings. The maximum atomic E-state index is 11.6. The van der Waals surface area contributed by atoms with E-state index >= 15 is 0 Å². The number of amides is 1. The number of hydrogen-bond acceptors (Lipinski definition) is 4. The number of hydrazine groups is 1. The van der Waals surface area contributed by atoms with Crippen LogP contribution in [0.25, 0.3) is 0 Å². The summed E-state index contributed by atoms with van der Waals surface area (Å²) < 4.78 is 1.38. The Bertz CT molecular complexity index is 564. The Morgan fingerprint density at radius 3 is 2.53 bits per heavy atom. The molecule has 0 radical (unpaired) electrons. The van der Waals surface area contributed by atoms with Gasteiger partial charge in [0.05, 0.1) is 15.7 Å². The first kappa shape index (κ1) is 13.9. The molecule has 0 aliphatic rings. The zero-order chi connectivity index (χ0) is 13.8. The van der Waals surface area contributed by atoms with Crippen molar-refractivity contribution in [2.24, 2.45) is 0 Å². The SMILES string of the molecule is O=C(Cn1cncn1)NNc1c(Cl)cc(Cl)cc1Cl. The van der Waals surface area contributed by atoms with Gasteiger partial charge >= 0.3 is 0 Å². The van der Waals surface area contributed by atoms with Crippen molar-refractivity contribution < 1.29 is 4.79 Å². The van der Waals surface area contributed by atoms with Gasteiger partial charge < -0.3 is 0 Å². The van der Waals surface area contributed by atoms with E-state index in [0.717, 1.165) is 0 Å². The van der Waals surface area contributed by atoms with E-state index in [9.17, 15) is 4.79 Å². The fourth-order valence-electron chi connectivity index (χ4n) is 1.29. The van der Waals surface area contributed by atoms with Crippen molar-refractivity contribution in [3.05, 3.63) is 39.9 Å². The van der Waals surface area contributed by atoms with Crippen molar-refractivity contribution in [2.75, 3.05) is 5.43 Å². The van der Waals surface area contributed by atoms with Gasteiger partial charge in [0.25, 0.3) is 5.91 Å². The molecule has 0 aliphatic heterocycles. The molecule has 0 atom stereocenters. The molecule has 100 valence electrons. The van der Waals surface area contributed by atoms with Gasteiger partial charge in [-0.3, -0.25) is 15.6 Å². The fourth-order valence-corrected chi connectivity index (χ4v) is 2.21. The summed E-state index contributed by atoms with van der Waals surface area (Å²) in [6.45, 7) is 0.0236. The number of carbonyl (C=O) groups is 1. The van der Waals surface area contributed by atoms with E-state index < -0.39 is 0 Å². The van der Waals surface area contributed by atoms with Crippen LogP contribution in [0.15, 0.2) is 24.8 Å². The highest BCUT2D eigenvalue weighted by Gasteiger charge is 2.09. The highest BCUT2D eigenvalue weighted by molar-refractivity contribution is 6.41. The monoisotopic (exact) mass is 319 g/mol. The summed E-state index contributed by atoms with van der Waals surface area (Å²) in [5.41, 5.74) is 5.46. The molecule has 0 saturated carbocycles. The van der Waals surface area contributed by atoms with Gasteiger partial charge in [0.2, 0.25) is 0 Å². The van der Waals surface area contributed by atoms with Crippen LogP contribution in [0, 0.1) is 0 Å². The van der Waals surface area contributed by atoms with E-state index in [2.05, 4.69) is 20.9 Å². The minimum Gasteiger partial charge on any atom is -0.296 e. The summed E-state index contributed by atoms with van der Waals surface area (Å²) >= 11 is 17.7. The van der Waals surface area contributed by atoms with Crippen LogP contribution in [-0.2, 0) is 11.3 Å². The van der Waals surface area contributed by atoms with E-state index in [-0.39, 0.29) is 12.5 Å². The van der Waals surface area contributed by atoms with Crippen molar-refractivity contribution in [3.8, 4) is 0 Å². The summed E-state index contributed by atoms with van der Waals surface area (Å²) in [5.74, 6) is -0.326. The zero-order valence-electron chi connectivity index (χ0n) is 9.40. The number of halogens is 3. The highest BCUT2D eigenvalue weighted by Crippen LogP contribution is 2.32. The summed E-state index contributed by atoms with van der Waals surface area (Å²) in [6.07, 6.45) is 2.77. The van der Waals surface area contributed by atoms with Gasteiger partial charge in [-0.25, -0.2) is 9.67 Å². The summed E-state index contributed by atoms with van der Waals surface area (Å²) in [4.78, 5) is 15.3. The number of anilines is 1. The number of hydrogen-bond donors (Lipinski definition) is 2. The van der Waals surface area contributed by atoms with Crippen LogP contribution in [-0.4, -0.2) is 20.7 Å². The van der Waals surface area contributed by atoms with Crippen molar-refractivity contribution in [3.63, 3.8) is 0 Å². The molecule has 19 heavy (non-hydrogen) atoms. The van der Waals surface area contributed by atoms with Crippen LogP contribution in [0.1, 0.15) is 0 Å². The molecule has 0 unspecified atom stereocenters. The first-order valence-electron chi connectivity index (χ1n) is 5.08. The van der Waals surface area contributed by atoms with Crippen molar-refractivity contribution in [1.29, 1.82) is 0 Å². The molecule has 9 heteroatoms. The van der Waals surface area contributed by atoms with Gasteiger partial charge in [0, 0.05) is 5.02 Å². The second-order valence-corrected chi connectivity index (χ2v) is 4.76. The Labute approximate surface area is 123 Å². The Hall–Kier alpha value is -1.50. The fraction of sp³-hybridized carbons (Fsp3) is 0.100. The minimum absolute atomic E-state index is 0.0236. The number of aromatic nitrogens is 3. The molecule has 2 aromatic rings. The quantitative estimate of drug-likeness (QED) is 0.849. The standard InChI is InChI=1S/C10H8Cl3N5O/c11-6-1-7(12)10(8(13)2-6)17-16-9(19)3-18-5-14-4-15-18/h1-2,4-5,17H,3H2,(H,16,19). The van der Waals surface area contributed by atoms with Crippen LogP contribution < -0.4 is 10.9 Å². The van der Waals surface area contributed by atoms with Crippen molar-refractivity contribution in [1.82, 2.24) is 20.2 Å². The molecule has 2 N–H and O–H groups in total. The van der Waals surface area contributed by atoms with E-state index in [1.807, 2.05) is 0 Å². The van der Waals surface area contributed by atoms with Crippen LogP contribution in [0.4, 0.5) is 5.69 Å². The lowest BCUT2D eigenvalue weighted by Gasteiger charge is -2.12.